The van der Waals surface area contributed by atoms with E-state index < -0.39 is 11.8 Å². The van der Waals surface area contributed by atoms with Crippen LogP contribution in [0.15, 0.2) is 6.07 Å². The van der Waals surface area contributed by atoms with Crippen molar-refractivity contribution in [1.29, 1.82) is 5.26 Å². The number of carbonyl (C=O) groups excluding carboxylic acids is 1. The molecule has 1 rings (SSSR count). The van der Waals surface area contributed by atoms with Crippen molar-refractivity contribution in [3.63, 3.8) is 0 Å². The monoisotopic (exact) mass is 263 g/mol. The van der Waals surface area contributed by atoms with Crippen LogP contribution in [-0.4, -0.2) is 6.03 Å². The molecule has 0 fully saturated rings. The molecule has 4 nitrogen and oxygen atoms in total. The van der Waals surface area contributed by atoms with Crippen molar-refractivity contribution in [2.24, 2.45) is 5.73 Å². The lowest BCUT2D eigenvalue weighted by Gasteiger charge is -2.21. The van der Waals surface area contributed by atoms with Gasteiger partial charge in [0.2, 0.25) is 0 Å². The summed E-state index contributed by atoms with van der Waals surface area (Å²) >= 11 is 0. The van der Waals surface area contributed by atoms with Crippen LogP contribution >= 0.6 is 0 Å². The Balaban J connectivity index is 3.68. The summed E-state index contributed by atoms with van der Waals surface area (Å²) in [6.07, 6.45) is 0. The van der Waals surface area contributed by atoms with Crippen molar-refractivity contribution in [2.45, 2.75) is 39.5 Å². The minimum atomic E-state index is -0.743. The summed E-state index contributed by atoms with van der Waals surface area (Å²) in [4.78, 5) is 11.1. The van der Waals surface area contributed by atoms with Crippen LogP contribution < -0.4 is 11.1 Å². The number of nitrogens with two attached hydrogens (primary N) is 1. The highest BCUT2D eigenvalue weighted by atomic mass is 19.1. The Morgan fingerprint density at radius 2 is 1.95 bits per heavy atom. The number of anilines is 1. The van der Waals surface area contributed by atoms with Gasteiger partial charge in [0, 0.05) is 5.56 Å². The quantitative estimate of drug-likeness (QED) is 0.876. The molecule has 0 spiro atoms. The highest BCUT2D eigenvalue weighted by Gasteiger charge is 2.22. The van der Waals surface area contributed by atoms with Gasteiger partial charge >= 0.3 is 6.03 Å². The topological polar surface area (TPSA) is 78.9 Å². The van der Waals surface area contributed by atoms with Crippen LogP contribution in [0.5, 0.6) is 0 Å². The van der Waals surface area contributed by atoms with Crippen LogP contribution in [0.1, 0.15) is 56.2 Å². The number of nitrogens with zero attached hydrogens (tertiary/aromatic N) is 1. The van der Waals surface area contributed by atoms with Gasteiger partial charge in [0.15, 0.2) is 0 Å². The van der Waals surface area contributed by atoms with Crippen molar-refractivity contribution < 1.29 is 9.18 Å². The van der Waals surface area contributed by atoms with Gasteiger partial charge in [-0.3, -0.25) is 0 Å². The first kappa shape index (κ1) is 15.0. The molecule has 19 heavy (non-hydrogen) atoms. The summed E-state index contributed by atoms with van der Waals surface area (Å²) in [6, 6.07) is 2.57. The molecule has 0 radical (unpaired) electrons. The molecule has 1 aromatic rings. The standard InChI is InChI=1S/C14H18FN3O/c1-7(2)10-5-9(6-16)12(15)11(8(3)4)13(10)18-14(17)19/h5,7-8H,1-4H3,(H3,17,18,19). The lowest BCUT2D eigenvalue weighted by atomic mass is 9.90. The number of nitriles is 1. The molecular formula is C14H18FN3O. The van der Waals surface area contributed by atoms with Gasteiger partial charge < -0.3 is 11.1 Å². The zero-order valence-corrected chi connectivity index (χ0v) is 11.5. The van der Waals surface area contributed by atoms with E-state index >= 15 is 0 Å². The molecule has 0 unspecified atom stereocenters. The molecule has 3 N–H and O–H groups in total. The molecule has 0 saturated carbocycles. The summed E-state index contributed by atoms with van der Waals surface area (Å²) in [5.41, 5.74) is 6.55. The third kappa shape index (κ3) is 3.02. The van der Waals surface area contributed by atoms with Crippen molar-refractivity contribution in [2.75, 3.05) is 5.32 Å². The molecule has 0 bridgehead atoms. The average Bonchev–Trinajstić information content (AvgIpc) is 2.27. The average molecular weight is 263 g/mol. The maximum Gasteiger partial charge on any atom is 0.316 e. The van der Waals surface area contributed by atoms with Crippen molar-refractivity contribution in [3.8, 4) is 6.07 Å². The molecule has 0 aliphatic heterocycles. The van der Waals surface area contributed by atoms with Crippen LogP contribution in [0.4, 0.5) is 14.9 Å². The number of hydrogen-bond acceptors (Lipinski definition) is 2. The highest BCUT2D eigenvalue weighted by molar-refractivity contribution is 5.90. The van der Waals surface area contributed by atoms with E-state index in [1.165, 1.54) is 6.07 Å². The Morgan fingerprint density at radius 3 is 2.32 bits per heavy atom. The Kier molecular flexibility index (Phi) is 4.49. The molecule has 0 aromatic heterocycles. The number of primary amides is 1. The number of halogens is 1. The van der Waals surface area contributed by atoms with E-state index in [1.807, 2.05) is 19.9 Å². The summed E-state index contributed by atoms with van der Waals surface area (Å²) in [5, 5.41) is 11.5. The van der Waals surface area contributed by atoms with Crippen LogP contribution in [-0.2, 0) is 0 Å². The second-order valence-electron chi connectivity index (χ2n) is 5.03. The fourth-order valence-corrected chi connectivity index (χ4v) is 2.04. The first-order valence-electron chi connectivity index (χ1n) is 6.12. The zero-order chi connectivity index (χ0) is 14.7. The largest absolute Gasteiger partial charge is 0.351 e. The number of rotatable bonds is 3. The fourth-order valence-electron chi connectivity index (χ4n) is 2.04. The molecule has 0 aliphatic carbocycles. The SMILES string of the molecule is CC(C)c1cc(C#N)c(F)c(C(C)C)c1NC(N)=O. The van der Waals surface area contributed by atoms with Crippen LogP contribution in [0.25, 0.3) is 0 Å². The number of urea groups is 1. The number of nitrogens with one attached hydrogen (secondary N) is 1. The number of carbonyl (C=O) groups is 1. The molecular weight excluding hydrogens is 245 g/mol. The van der Waals surface area contributed by atoms with E-state index in [1.54, 1.807) is 13.8 Å². The lowest BCUT2D eigenvalue weighted by Crippen LogP contribution is -2.22. The van der Waals surface area contributed by atoms with Gasteiger partial charge in [0.05, 0.1) is 11.3 Å². The normalized spacial score (nSPS) is 10.6. The van der Waals surface area contributed by atoms with Crippen LogP contribution in [0.3, 0.4) is 0 Å². The number of benzene rings is 1. The Hall–Kier alpha value is -2.09. The van der Waals surface area contributed by atoms with Crippen molar-refractivity contribution in [1.82, 2.24) is 0 Å². The Morgan fingerprint density at radius 1 is 1.37 bits per heavy atom. The molecule has 0 heterocycles. The van der Waals surface area contributed by atoms with Gasteiger partial charge in [0.1, 0.15) is 11.9 Å². The van der Waals surface area contributed by atoms with Gasteiger partial charge in [-0.05, 0) is 23.5 Å². The van der Waals surface area contributed by atoms with Crippen LogP contribution in [0.2, 0.25) is 0 Å². The van der Waals surface area contributed by atoms with E-state index in [0.717, 1.165) is 0 Å². The van der Waals surface area contributed by atoms with E-state index in [9.17, 15) is 9.18 Å². The fraction of sp³-hybridized carbons (Fsp3) is 0.429. The second kappa shape index (κ2) is 5.70. The number of hydrogen-bond donors (Lipinski definition) is 2. The van der Waals surface area contributed by atoms with E-state index in [0.29, 0.717) is 16.8 Å². The first-order valence-corrected chi connectivity index (χ1v) is 6.12. The lowest BCUT2D eigenvalue weighted by molar-refractivity contribution is 0.259. The molecule has 0 atom stereocenters. The summed E-state index contributed by atoms with van der Waals surface area (Å²) in [6.45, 7) is 7.42. The third-order valence-corrected chi connectivity index (χ3v) is 2.90. The minimum Gasteiger partial charge on any atom is -0.351 e. The Labute approximate surface area is 112 Å². The molecule has 0 aliphatic rings. The van der Waals surface area contributed by atoms with Gasteiger partial charge in [0.25, 0.3) is 0 Å². The van der Waals surface area contributed by atoms with E-state index in [2.05, 4.69) is 5.32 Å². The summed E-state index contributed by atoms with van der Waals surface area (Å²) in [5.74, 6) is -0.731. The summed E-state index contributed by atoms with van der Waals surface area (Å²) < 4.78 is 14.3. The maximum absolute atomic E-state index is 14.3. The smallest absolute Gasteiger partial charge is 0.316 e. The zero-order valence-electron chi connectivity index (χ0n) is 11.5. The van der Waals surface area contributed by atoms with Crippen molar-refractivity contribution >= 4 is 11.7 Å². The first-order chi connectivity index (χ1) is 8.79. The maximum atomic E-state index is 14.3. The Bertz CT molecular complexity index is 545. The van der Waals surface area contributed by atoms with E-state index in [4.69, 9.17) is 11.0 Å². The number of amides is 2. The molecule has 1 aromatic carbocycles. The van der Waals surface area contributed by atoms with Crippen molar-refractivity contribution in [3.05, 3.63) is 28.6 Å². The molecule has 0 saturated heterocycles. The second-order valence-corrected chi connectivity index (χ2v) is 5.03. The van der Waals surface area contributed by atoms with E-state index in [-0.39, 0.29) is 17.4 Å². The van der Waals surface area contributed by atoms with Gasteiger partial charge in [-0.25, -0.2) is 9.18 Å². The van der Waals surface area contributed by atoms with Gasteiger partial charge in [-0.15, -0.1) is 0 Å². The van der Waals surface area contributed by atoms with Gasteiger partial charge in [-0.2, -0.15) is 5.26 Å². The molecule has 2 amide bonds. The molecule has 102 valence electrons. The van der Waals surface area contributed by atoms with Crippen LogP contribution in [0, 0.1) is 17.1 Å². The predicted molar refractivity (Wildman–Crippen MR) is 72.5 cm³/mol. The predicted octanol–water partition coefficient (Wildman–Crippen LogP) is 3.43. The molecule has 5 heteroatoms. The van der Waals surface area contributed by atoms with Gasteiger partial charge in [-0.1, -0.05) is 27.7 Å². The third-order valence-electron chi connectivity index (χ3n) is 2.90. The minimum absolute atomic E-state index is 0.0116. The summed E-state index contributed by atoms with van der Waals surface area (Å²) in [7, 11) is 0. The highest BCUT2D eigenvalue weighted by Crippen LogP contribution is 2.36.